The Morgan fingerprint density at radius 1 is 1.48 bits per heavy atom. The van der Waals surface area contributed by atoms with Gasteiger partial charge >= 0.3 is 0 Å². The molecule has 0 spiro atoms. The van der Waals surface area contributed by atoms with Crippen molar-refractivity contribution in [2.75, 3.05) is 5.75 Å². The minimum Gasteiger partial charge on any atom is -0.309 e. The van der Waals surface area contributed by atoms with Gasteiger partial charge in [-0.1, -0.05) is 23.9 Å². The summed E-state index contributed by atoms with van der Waals surface area (Å²) in [6.45, 7) is 4.32. The Bertz CT molecular complexity index is 684. The van der Waals surface area contributed by atoms with Crippen LogP contribution in [0.3, 0.4) is 0 Å². The van der Waals surface area contributed by atoms with E-state index in [4.69, 9.17) is 0 Å². The third-order valence-corrected chi connectivity index (χ3v) is 3.96. The molecule has 1 aromatic heterocycles. The Kier molecular flexibility index (Phi) is 4.69. The van der Waals surface area contributed by atoms with Crippen molar-refractivity contribution in [2.45, 2.75) is 25.5 Å². The molecule has 110 valence electrons. The second kappa shape index (κ2) is 6.49. The molecule has 0 bridgehead atoms. The molecule has 0 N–H and O–H groups in total. The number of hydrogen-bond donors (Lipinski definition) is 0. The van der Waals surface area contributed by atoms with Crippen molar-refractivity contribution in [3.8, 4) is 0 Å². The van der Waals surface area contributed by atoms with Crippen molar-refractivity contribution >= 4 is 23.2 Å². The monoisotopic (exact) mass is 306 g/mol. The number of hydrogen-bond acceptors (Lipinski definition) is 6. The van der Waals surface area contributed by atoms with E-state index in [1.165, 1.54) is 17.8 Å². The second-order valence-electron chi connectivity index (χ2n) is 4.37. The summed E-state index contributed by atoms with van der Waals surface area (Å²) < 4.78 is 1.83. The average Bonchev–Trinajstić information content (AvgIpc) is 2.92. The molecule has 0 aliphatic heterocycles. The number of aryl methyl sites for hydroxylation is 2. The van der Waals surface area contributed by atoms with E-state index in [0.29, 0.717) is 16.3 Å². The van der Waals surface area contributed by atoms with Crippen molar-refractivity contribution in [1.82, 2.24) is 14.8 Å². The molecule has 1 aromatic carbocycles. The quantitative estimate of drug-likeness (QED) is 0.352. The van der Waals surface area contributed by atoms with E-state index in [1.54, 1.807) is 25.4 Å². The van der Waals surface area contributed by atoms with Crippen LogP contribution in [0, 0.1) is 17.0 Å². The topological polar surface area (TPSA) is 90.9 Å². The van der Waals surface area contributed by atoms with E-state index < -0.39 is 4.92 Å². The van der Waals surface area contributed by atoms with Crippen LogP contribution in [0.2, 0.25) is 0 Å². The highest BCUT2D eigenvalue weighted by molar-refractivity contribution is 7.99. The first-order valence-electron chi connectivity index (χ1n) is 6.31. The fourth-order valence-electron chi connectivity index (χ4n) is 1.77. The lowest BCUT2D eigenvalue weighted by Gasteiger charge is -2.04. The Labute approximate surface area is 125 Å². The summed E-state index contributed by atoms with van der Waals surface area (Å²) in [6, 6.07) is 4.52. The van der Waals surface area contributed by atoms with E-state index in [2.05, 4.69) is 10.2 Å². The Balaban J connectivity index is 2.10. The lowest BCUT2D eigenvalue weighted by Crippen LogP contribution is -2.05. The minimum atomic E-state index is -0.479. The van der Waals surface area contributed by atoms with Gasteiger partial charge in [0.1, 0.15) is 6.33 Å². The summed E-state index contributed by atoms with van der Waals surface area (Å²) in [5.41, 5.74) is 0.833. The maximum absolute atomic E-state index is 12.1. The Morgan fingerprint density at radius 3 is 2.90 bits per heavy atom. The van der Waals surface area contributed by atoms with Gasteiger partial charge in [0.2, 0.25) is 0 Å². The molecular weight excluding hydrogens is 292 g/mol. The zero-order chi connectivity index (χ0) is 15.4. The molecule has 0 radical (unpaired) electrons. The fourth-order valence-corrected chi connectivity index (χ4v) is 2.64. The van der Waals surface area contributed by atoms with Gasteiger partial charge in [-0.2, -0.15) is 0 Å². The number of aromatic nitrogens is 3. The largest absolute Gasteiger partial charge is 0.309 e. The Hall–Kier alpha value is -2.22. The lowest BCUT2D eigenvalue weighted by molar-refractivity contribution is -0.385. The van der Waals surface area contributed by atoms with E-state index >= 15 is 0 Å². The van der Waals surface area contributed by atoms with Gasteiger partial charge in [0.05, 0.1) is 10.7 Å². The highest BCUT2D eigenvalue weighted by Gasteiger charge is 2.16. The summed E-state index contributed by atoms with van der Waals surface area (Å²) in [6.07, 6.45) is 1.60. The van der Waals surface area contributed by atoms with E-state index in [1.807, 2.05) is 11.5 Å². The second-order valence-corrected chi connectivity index (χ2v) is 5.31. The maximum Gasteiger partial charge on any atom is 0.273 e. The lowest BCUT2D eigenvalue weighted by atomic mass is 10.1. The van der Waals surface area contributed by atoms with Crippen molar-refractivity contribution in [3.63, 3.8) is 0 Å². The van der Waals surface area contributed by atoms with Gasteiger partial charge in [0.15, 0.2) is 10.9 Å². The number of Topliss-reactive ketones (excluding diaryl/α,β-unsaturated/α-hetero) is 1. The molecule has 2 aromatic rings. The molecule has 0 unspecified atom stereocenters. The predicted octanol–water partition coefficient (Wildman–Crippen LogP) is 2.49. The van der Waals surface area contributed by atoms with Crippen molar-refractivity contribution in [3.05, 3.63) is 45.8 Å². The molecular formula is C13H14N4O3S. The number of thioether (sulfide) groups is 1. The van der Waals surface area contributed by atoms with E-state index in [9.17, 15) is 14.9 Å². The third kappa shape index (κ3) is 3.46. The predicted molar refractivity (Wildman–Crippen MR) is 78.6 cm³/mol. The first-order chi connectivity index (χ1) is 10.0. The van der Waals surface area contributed by atoms with Crippen LogP contribution in [-0.4, -0.2) is 31.2 Å². The van der Waals surface area contributed by atoms with Gasteiger partial charge in [-0.15, -0.1) is 10.2 Å². The number of benzene rings is 1. The normalized spacial score (nSPS) is 10.6. The van der Waals surface area contributed by atoms with Gasteiger partial charge in [0, 0.05) is 23.7 Å². The molecule has 0 aliphatic rings. The Morgan fingerprint density at radius 2 is 2.24 bits per heavy atom. The number of ketones is 1. The van der Waals surface area contributed by atoms with Gasteiger partial charge < -0.3 is 4.57 Å². The zero-order valence-corrected chi connectivity index (χ0v) is 12.5. The highest BCUT2D eigenvalue weighted by atomic mass is 32.2. The highest BCUT2D eigenvalue weighted by Crippen LogP contribution is 2.22. The number of nitro groups is 1. The van der Waals surface area contributed by atoms with Crippen molar-refractivity contribution in [1.29, 1.82) is 0 Å². The number of carbonyl (C=O) groups excluding carboxylic acids is 1. The van der Waals surface area contributed by atoms with Crippen molar-refractivity contribution < 1.29 is 9.72 Å². The van der Waals surface area contributed by atoms with Gasteiger partial charge in [-0.05, 0) is 13.8 Å². The standard InChI is InChI=1S/C13H14N4O3S/c1-3-16-8-14-15-13(16)21-7-12(18)10-5-4-9(2)11(6-10)17(19)20/h4-6,8H,3,7H2,1-2H3. The molecule has 1 heterocycles. The summed E-state index contributed by atoms with van der Waals surface area (Å²) in [5, 5.41) is 19.3. The summed E-state index contributed by atoms with van der Waals surface area (Å²) in [5.74, 6) is -0.00687. The van der Waals surface area contributed by atoms with Gasteiger partial charge in [0.25, 0.3) is 5.69 Å². The average molecular weight is 306 g/mol. The van der Waals surface area contributed by atoms with Crippen LogP contribution in [0.4, 0.5) is 5.69 Å². The van der Waals surface area contributed by atoms with Crippen LogP contribution in [-0.2, 0) is 6.54 Å². The van der Waals surface area contributed by atoms with Crippen LogP contribution in [0.15, 0.2) is 29.7 Å². The molecule has 0 saturated carbocycles. The summed E-state index contributed by atoms with van der Waals surface area (Å²) >= 11 is 1.27. The molecule has 8 heteroatoms. The molecule has 0 amide bonds. The third-order valence-electron chi connectivity index (χ3n) is 2.98. The first kappa shape index (κ1) is 15.2. The molecule has 0 atom stereocenters. The number of nitrogens with zero attached hydrogens (tertiary/aromatic N) is 4. The van der Waals surface area contributed by atoms with Crippen molar-refractivity contribution in [2.24, 2.45) is 0 Å². The first-order valence-corrected chi connectivity index (χ1v) is 7.30. The number of nitro benzene ring substituents is 1. The van der Waals surface area contributed by atoms with E-state index in [0.717, 1.165) is 6.54 Å². The summed E-state index contributed by atoms with van der Waals surface area (Å²) in [7, 11) is 0. The molecule has 7 nitrogen and oxygen atoms in total. The van der Waals surface area contributed by atoms with Gasteiger partial charge in [-0.3, -0.25) is 14.9 Å². The molecule has 0 saturated heterocycles. The van der Waals surface area contributed by atoms with Crippen LogP contribution in [0.25, 0.3) is 0 Å². The fraction of sp³-hybridized carbons (Fsp3) is 0.308. The van der Waals surface area contributed by atoms with Crippen LogP contribution in [0.5, 0.6) is 0 Å². The molecule has 0 fully saturated rings. The zero-order valence-electron chi connectivity index (χ0n) is 11.6. The molecule has 2 rings (SSSR count). The van der Waals surface area contributed by atoms with Gasteiger partial charge in [-0.25, -0.2) is 0 Å². The van der Waals surface area contributed by atoms with Crippen LogP contribution in [0.1, 0.15) is 22.8 Å². The molecule has 0 aliphatic carbocycles. The smallest absolute Gasteiger partial charge is 0.273 e. The number of carbonyl (C=O) groups is 1. The number of rotatable bonds is 6. The molecule has 21 heavy (non-hydrogen) atoms. The maximum atomic E-state index is 12.1. The SMILES string of the molecule is CCn1cnnc1SCC(=O)c1ccc(C)c([N+](=O)[O-])c1. The minimum absolute atomic E-state index is 0.0393. The van der Waals surface area contributed by atoms with Crippen LogP contribution >= 0.6 is 11.8 Å². The van der Waals surface area contributed by atoms with E-state index in [-0.39, 0.29) is 17.2 Å². The summed E-state index contributed by atoms with van der Waals surface area (Å²) in [4.78, 5) is 22.5. The van der Waals surface area contributed by atoms with Crippen LogP contribution < -0.4 is 0 Å².